The molecular formula is C14H17N6O12P3. The van der Waals surface area contributed by atoms with Gasteiger partial charge in [0.2, 0.25) is 5.60 Å². The highest BCUT2D eigenvalue weighted by molar-refractivity contribution is 7.66. The van der Waals surface area contributed by atoms with Gasteiger partial charge in [-0.1, -0.05) is 0 Å². The number of aromatic nitrogens is 3. The number of nitrogens with two attached hydrogens (primary N) is 1. The summed E-state index contributed by atoms with van der Waals surface area (Å²) in [4.78, 5) is 40.1. The van der Waals surface area contributed by atoms with E-state index in [4.69, 9.17) is 20.3 Å². The Bertz CT molecular complexity index is 1380. The normalized spacial score (nSPS) is 30.3. The van der Waals surface area contributed by atoms with E-state index in [0.29, 0.717) is 0 Å². The highest BCUT2D eigenvalue weighted by atomic mass is 31.3. The number of hydrogen-bond acceptors (Lipinski definition) is 13. The maximum atomic E-state index is 12.0. The predicted molar refractivity (Wildman–Crippen MR) is 109 cm³/mol. The molecule has 6 atom stereocenters. The molecule has 0 saturated carbocycles. The van der Waals surface area contributed by atoms with Crippen molar-refractivity contribution >= 4 is 34.8 Å². The molecule has 0 spiro atoms. The van der Waals surface area contributed by atoms with E-state index in [1.54, 1.807) is 12.1 Å². The topological polar surface area (TPSA) is 293 Å². The first-order chi connectivity index (χ1) is 16.0. The van der Waals surface area contributed by atoms with Crippen molar-refractivity contribution in [3.8, 4) is 12.1 Å². The van der Waals surface area contributed by atoms with Gasteiger partial charge in [0.15, 0.2) is 5.65 Å². The van der Waals surface area contributed by atoms with Crippen molar-refractivity contribution < 1.29 is 56.3 Å². The van der Waals surface area contributed by atoms with Gasteiger partial charge in [-0.3, -0.25) is 4.52 Å². The second kappa shape index (κ2) is 8.99. The number of ether oxygens (including phenoxy) is 1. The van der Waals surface area contributed by atoms with Crippen molar-refractivity contribution in [1.82, 2.24) is 14.6 Å². The summed E-state index contributed by atoms with van der Waals surface area (Å²) in [5, 5.41) is 34.7. The SMILES string of the molecule is C[C@@]1(C#N)[C@H](O)[C@@H](COP(=O)(O)OP(=O)(O)OP(=O)(O)O)O[C@@]1(C#N)c1cnc2c(N)ccnn12. The van der Waals surface area contributed by atoms with Gasteiger partial charge < -0.3 is 35.2 Å². The van der Waals surface area contributed by atoms with Crippen molar-refractivity contribution in [3.63, 3.8) is 0 Å². The highest BCUT2D eigenvalue weighted by Crippen LogP contribution is 2.66. The second-order valence-corrected chi connectivity index (χ2v) is 11.7. The molecule has 2 aromatic rings. The number of aliphatic hydroxyl groups excluding tert-OH is 1. The lowest BCUT2D eigenvalue weighted by atomic mass is 9.71. The van der Waals surface area contributed by atoms with Gasteiger partial charge >= 0.3 is 23.5 Å². The van der Waals surface area contributed by atoms with Crippen LogP contribution in [0, 0.1) is 28.1 Å². The lowest BCUT2D eigenvalue weighted by Gasteiger charge is -2.31. The molecule has 3 rings (SSSR count). The van der Waals surface area contributed by atoms with Gasteiger partial charge in [0.05, 0.1) is 30.8 Å². The first-order valence-corrected chi connectivity index (χ1v) is 13.6. The molecule has 21 heteroatoms. The minimum atomic E-state index is -5.79. The van der Waals surface area contributed by atoms with E-state index in [1.807, 2.05) is 0 Å². The molecule has 1 aliphatic heterocycles. The van der Waals surface area contributed by atoms with Crippen LogP contribution in [-0.2, 0) is 37.2 Å². The van der Waals surface area contributed by atoms with Crippen molar-refractivity contribution in [1.29, 1.82) is 10.5 Å². The lowest BCUT2D eigenvalue weighted by Crippen LogP contribution is -2.45. The Morgan fingerprint density at radius 2 is 1.86 bits per heavy atom. The fourth-order valence-corrected chi connectivity index (χ4v) is 6.45. The number of rotatable bonds is 8. The summed E-state index contributed by atoms with van der Waals surface area (Å²) in [6.45, 7) is 0.0647. The Hall–Kier alpha value is -2.27. The zero-order chi connectivity index (χ0) is 26.4. The Balaban J connectivity index is 1.91. The van der Waals surface area contributed by atoms with Crippen molar-refractivity contribution in [3.05, 3.63) is 24.2 Å². The molecule has 7 N–H and O–H groups in total. The van der Waals surface area contributed by atoms with E-state index in [0.717, 1.165) is 17.6 Å². The molecule has 0 bridgehead atoms. The number of anilines is 1. The Morgan fingerprint density at radius 3 is 2.43 bits per heavy atom. The summed E-state index contributed by atoms with van der Waals surface area (Å²) in [7, 11) is -17.0. The fraction of sp³-hybridized carbons (Fsp3) is 0.429. The number of nitriles is 2. The first-order valence-electron chi connectivity index (χ1n) is 9.06. The van der Waals surface area contributed by atoms with Gasteiger partial charge in [-0.2, -0.15) is 24.2 Å². The zero-order valence-corrected chi connectivity index (χ0v) is 20.0. The minimum absolute atomic E-state index is 0.104. The highest BCUT2D eigenvalue weighted by Gasteiger charge is 2.67. The molecule has 3 heterocycles. The Morgan fingerprint density at radius 1 is 1.20 bits per heavy atom. The van der Waals surface area contributed by atoms with Gasteiger partial charge in [-0.15, -0.1) is 0 Å². The molecule has 1 saturated heterocycles. The maximum absolute atomic E-state index is 12.0. The van der Waals surface area contributed by atoms with Crippen molar-refractivity contribution in [2.24, 2.45) is 5.41 Å². The molecular weight excluding hydrogens is 537 g/mol. The van der Waals surface area contributed by atoms with Crippen molar-refractivity contribution in [2.75, 3.05) is 12.3 Å². The van der Waals surface area contributed by atoms with E-state index in [2.05, 4.69) is 23.2 Å². The first kappa shape index (κ1) is 27.3. The monoisotopic (exact) mass is 554 g/mol. The average molecular weight is 554 g/mol. The quantitative estimate of drug-likeness (QED) is 0.227. The molecule has 2 aromatic heterocycles. The summed E-state index contributed by atoms with van der Waals surface area (Å²) in [5.74, 6) is 0. The zero-order valence-electron chi connectivity index (χ0n) is 17.3. The number of phosphoric acid groups is 3. The molecule has 35 heavy (non-hydrogen) atoms. The predicted octanol–water partition coefficient (Wildman–Crippen LogP) is -0.337. The van der Waals surface area contributed by atoms with Crippen molar-refractivity contribution in [2.45, 2.75) is 24.7 Å². The van der Waals surface area contributed by atoms with Gasteiger partial charge in [0.1, 0.15) is 29.4 Å². The Labute approximate surface area is 195 Å². The maximum Gasteiger partial charge on any atom is 0.490 e. The third-order valence-corrected chi connectivity index (χ3v) is 8.81. The van der Waals surface area contributed by atoms with Crippen LogP contribution in [-0.4, -0.2) is 58.1 Å². The summed E-state index contributed by atoms with van der Waals surface area (Å²) >= 11 is 0. The molecule has 0 aromatic carbocycles. The molecule has 0 aliphatic carbocycles. The van der Waals surface area contributed by atoms with Crippen LogP contribution in [0.3, 0.4) is 0 Å². The number of aliphatic hydroxyl groups is 1. The van der Waals surface area contributed by atoms with Crippen LogP contribution in [0.2, 0.25) is 0 Å². The minimum Gasteiger partial charge on any atom is -0.396 e. The van der Waals surface area contributed by atoms with Crippen LogP contribution >= 0.6 is 23.5 Å². The molecule has 0 amide bonds. The van der Waals surface area contributed by atoms with E-state index >= 15 is 0 Å². The summed E-state index contributed by atoms with van der Waals surface area (Å²) < 4.78 is 52.7. The molecule has 1 fully saturated rings. The number of phosphoric ester groups is 1. The Kier molecular flexibility index (Phi) is 7.02. The number of nitrogens with zero attached hydrogens (tertiary/aromatic N) is 5. The molecule has 2 unspecified atom stereocenters. The molecule has 1 aliphatic rings. The molecule has 0 radical (unpaired) electrons. The summed E-state index contributed by atoms with van der Waals surface area (Å²) in [6, 6.07) is 5.00. The van der Waals surface area contributed by atoms with Crippen LogP contribution in [0.1, 0.15) is 12.6 Å². The largest absolute Gasteiger partial charge is 0.490 e. The number of fused-ring (bicyclic) bond motifs is 1. The third-order valence-electron chi connectivity index (χ3n) is 5.00. The van der Waals surface area contributed by atoms with E-state index in [-0.39, 0.29) is 17.0 Å². The van der Waals surface area contributed by atoms with E-state index in [1.165, 1.54) is 12.3 Å². The van der Waals surface area contributed by atoms with Crippen LogP contribution in [0.15, 0.2) is 18.5 Å². The molecule has 190 valence electrons. The van der Waals surface area contributed by atoms with Gasteiger partial charge in [-0.05, 0) is 13.0 Å². The summed E-state index contributed by atoms with van der Waals surface area (Å²) in [6.07, 6.45) is -1.13. The smallest absolute Gasteiger partial charge is 0.396 e. The van der Waals surface area contributed by atoms with Crippen LogP contribution < -0.4 is 5.73 Å². The van der Waals surface area contributed by atoms with Gasteiger partial charge in [-0.25, -0.2) is 23.2 Å². The third kappa shape index (κ3) is 5.02. The molecule has 18 nitrogen and oxygen atoms in total. The van der Waals surface area contributed by atoms with Crippen LogP contribution in [0.5, 0.6) is 0 Å². The van der Waals surface area contributed by atoms with Crippen LogP contribution in [0.4, 0.5) is 5.69 Å². The van der Waals surface area contributed by atoms with Gasteiger partial charge in [0, 0.05) is 0 Å². The van der Waals surface area contributed by atoms with E-state index in [9.17, 15) is 39.1 Å². The average Bonchev–Trinajstić information content (AvgIpc) is 3.24. The van der Waals surface area contributed by atoms with Gasteiger partial charge in [0.25, 0.3) is 0 Å². The number of hydrogen-bond donors (Lipinski definition) is 6. The second-order valence-electron chi connectivity index (χ2n) is 7.26. The number of imidazole rings is 1. The number of nitrogen functional groups attached to an aromatic ring is 1. The van der Waals surface area contributed by atoms with E-state index < -0.39 is 53.3 Å². The summed E-state index contributed by atoms with van der Waals surface area (Å²) in [5.41, 5.74) is 1.67. The van der Waals surface area contributed by atoms with Crippen LogP contribution in [0.25, 0.3) is 5.65 Å². The lowest BCUT2D eigenvalue weighted by molar-refractivity contribution is -0.0575. The standard InChI is InChI=1S/C14H17N6O12P3/c1-13(6-15)11(21)9(5-29-34(25,26)32-35(27,28)31-33(22,23)24)30-14(13,7-16)10-4-18-12-8(17)2-3-19-20(10)12/h2-4,9,11,21H,5,17H2,1H3,(H,25,26)(H,27,28)(H2,22,23,24)/t9-,11-,13-,14+/m1/s1. The fourth-order valence-electron chi connectivity index (χ4n) is 3.42.